The molecule has 1 heterocycles. The van der Waals surface area contributed by atoms with Gasteiger partial charge in [0.05, 0.1) is 23.7 Å². The van der Waals surface area contributed by atoms with Crippen LogP contribution >= 0.6 is 27.5 Å². The third-order valence-electron chi connectivity index (χ3n) is 4.87. The zero-order valence-corrected chi connectivity index (χ0v) is 20.4. The molecule has 0 aliphatic heterocycles. The van der Waals surface area contributed by atoms with Gasteiger partial charge in [-0.25, -0.2) is 4.98 Å². The van der Waals surface area contributed by atoms with Crippen LogP contribution in [0, 0.1) is 6.92 Å². The molecule has 0 atom stereocenters. The second-order valence-corrected chi connectivity index (χ2v) is 8.59. The minimum atomic E-state index is -0.233. The molecule has 0 N–H and O–H groups in total. The van der Waals surface area contributed by atoms with Crippen LogP contribution in [0.25, 0.3) is 10.9 Å². The van der Waals surface area contributed by atoms with Gasteiger partial charge in [-0.1, -0.05) is 39.7 Å². The van der Waals surface area contributed by atoms with Crippen LogP contribution in [0.15, 0.2) is 75.0 Å². The lowest BCUT2D eigenvalue weighted by atomic mass is 10.2. The van der Waals surface area contributed by atoms with Crippen LogP contribution in [0.4, 0.5) is 0 Å². The Hall–Kier alpha value is -3.16. The van der Waals surface area contributed by atoms with Crippen molar-refractivity contribution in [3.63, 3.8) is 0 Å². The van der Waals surface area contributed by atoms with Crippen molar-refractivity contribution in [2.24, 2.45) is 5.10 Å². The summed E-state index contributed by atoms with van der Waals surface area (Å²) in [5.74, 6) is 1.72. The molecule has 0 saturated heterocycles. The number of benzene rings is 3. The van der Waals surface area contributed by atoms with Gasteiger partial charge in [-0.05, 0) is 73.5 Å². The highest BCUT2D eigenvalue weighted by Gasteiger charge is 2.09. The first-order chi connectivity index (χ1) is 15.9. The normalized spacial score (nSPS) is 11.3. The maximum absolute atomic E-state index is 12.9. The molecule has 6 nitrogen and oxygen atoms in total. The number of halogens is 2. The molecule has 168 valence electrons. The molecule has 0 spiro atoms. The van der Waals surface area contributed by atoms with Crippen LogP contribution < -0.4 is 15.0 Å². The lowest BCUT2D eigenvalue weighted by molar-refractivity contribution is 0.269. The van der Waals surface area contributed by atoms with Crippen LogP contribution in [-0.4, -0.2) is 22.5 Å². The highest BCUT2D eigenvalue weighted by molar-refractivity contribution is 9.10. The minimum absolute atomic E-state index is 0.233. The lowest BCUT2D eigenvalue weighted by Crippen LogP contribution is -2.20. The zero-order valence-electron chi connectivity index (χ0n) is 18.1. The van der Waals surface area contributed by atoms with E-state index in [0.717, 1.165) is 15.6 Å². The number of ether oxygens (including phenoxy) is 2. The molecule has 1 aromatic heterocycles. The fourth-order valence-electron chi connectivity index (χ4n) is 3.25. The van der Waals surface area contributed by atoms with E-state index in [1.54, 1.807) is 25.3 Å². The summed E-state index contributed by atoms with van der Waals surface area (Å²) in [6.07, 6.45) is 1.60. The molecular formula is C25H21BrClN3O3. The smallest absolute Gasteiger partial charge is 0.282 e. The molecule has 4 rings (SSSR count). The first-order valence-corrected chi connectivity index (χ1v) is 11.5. The van der Waals surface area contributed by atoms with Gasteiger partial charge in [0.1, 0.15) is 12.4 Å². The van der Waals surface area contributed by atoms with Gasteiger partial charge in [0.15, 0.2) is 11.5 Å². The van der Waals surface area contributed by atoms with Gasteiger partial charge in [0, 0.05) is 9.50 Å². The molecule has 0 aliphatic rings. The largest absolute Gasteiger partial charge is 0.490 e. The molecule has 0 radical (unpaired) electrons. The summed E-state index contributed by atoms with van der Waals surface area (Å²) in [4.78, 5) is 17.4. The van der Waals surface area contributed by atoms with Crippen LogP contribution in [0.1, 0.15) is 23.9 Å². The van der Waals surface area contributed by atoms with Crippen molar-refractivity contribution < 1.29 is 9.47 Å². The second kappa shape index (κ2) is 10.2. The zero-order chi connectivity index (χ0) is 23.4. The average Bonchev–Trinajstić information content (AvgIpc) is 2.80. The van der Waals surface area contributed by atoms with Gasteiger partial charge < -0.3 is 9.47 Å². The van der Waals surface area contributed by atoms with Gasteiger partial charge in [-0.15, -0.1) is 0 Å². The van der Waals surface area contributed by atoms with E-state index in [9.17, 15) is 4.79 Å². The number of rotatable bonds is 7. The van der Waals surface area contributed by atoms with E-state index in [1.165, 1.54) is 4.68 Å². The molecule has 0 unspecified atom stereocenters. The van der Waals surface area contributed by atoms with Gasteiger partial charge in [-0.2, -0.15) is 9.78 Å². The maximum Gasteiger partial charge on any atom is 0.282 e. The lowest BCUT2D eigenvalue weighted by Gasteiger charge is -2.13. The van der Waals surface area contributed by atoms with Crippen molar-refractivity contribution in [2.45, 2.75) is 20.5 Å². The standard InChI is InChI=1S/C25H21BrClN3O3/c1-3-32-24-12-18(6-11-23(24)33-15-17-4-8-20(27)9-5-17)14-28-30-16(2)29-22-10-7-19(26)13-21(22)25(30)31/h4-14H,3,15H2,1-2H3. The third kappa shape index (κ3) is 5.43. The second-order valence-electron chi connectivity index (χ2n) is 7.24. The predicted molar refractivity (Wildman–Crippen MR) is 135 cm³/mol. The number of aromatic nitrogens is 2. The molecule has 0 saturated carbocycles. The predicted octanol–water partition coefficient (Wildman–Crippen LogP) is 5.98. The van der Waals surface area contributed by atoms with E-state index in [-0.39, 0.29) is 5.56 Å². The van der Waals surface area contributed by atoms with E-state index in [0.29, 0.717) is 46.5 Å². The van der Waals surface area contributed by atoms with Crippen LogP contribution in [0.3, 0.4) is 0 Å². The Morgan fingerprint density at radius 3 is 2.61 bits per heavy atom. The molecule has 0 fully saturated rings. The SMILES string of the molecule is CCOc1cc(C=Nn2c(C)nc3ccc(Br)cc3c2=O)ccc1OCc1ccc(Cl)cc1. The van der Waals surface area contributed by atoms with Gasteiger partial charge in [0.2, 0.25) is 0 Å². The van der Waals surface area contributed by atoms with Crippen molar-refractivity contribution in [3.05, 3.63) is 97.5 Å². The molecule has 0 amide bonds. The number of nitrogens with zero attached hydrogens (tertiary/aromatic N) is 3. The fraction of sp³-hybridized carbons (Fsp3) is 0.160. The Morgan fingerprint density at radius 2 is 1.85 bits per heavy atom. The van der Waals surface area contributed by atoms with Gasteiger partial charge >= 0.3 is 0 Å². The molecule has 3 aromatic carbocycles. The molecule has 8 heteroatoms. The first kappa shape index (κ1) is 23.0. The Bertz CT molecular complexity index is 1380. The topological polar surface area (TPSA) is 65.7 Å². The van der Waals surface area contributed by atoms with Crippen LogP contribution in [0.2, 0.25) is 5.02 Å². The van der Waals surface area contributed by atoms with E-state index in [1.807, 2.05) is 55.5 Å². The summed E-state index contributed by atoms with van der Waals surface area (Å²) >= 11 is 9.34. The van der Waals surface area contributed by atoms with Crippen LogP contribution in [-0.2, 0) is 6.61 Å². The molecule has 0 aliphatic carbocycles. The van der Waals surface area contributed by atoms with Crippen molar-refractivity contribution >= 4 is 44.6 Å². The third-order valence-corrected chi connectivity index (χ3v) is 5.61. The summed E-state index contributed by atoms with van der Waals surface area (Å²) < 4.78 is 13.8. The Balaban J connectivity index is 1.60. The van der Waals surface area contributed by atoms with Crippen molar-refractivity contribution in [2.75, 3.05) is 6.61 Å². The van der Waals surface area contributed by atoms with Crippen molar-refractivity contribution in [1.82, 2.24) is 9.66 Å². The number of hydrogen-bond acceptors (Lipinski definition) is 5. The number of aryl methyl sites for hydroxylation is 1. The quantitative estimate of drug-likeness (QED) is 0.278. The van der Waals surface area contributed by atoms with E-state index >= 15 is 0 Å². The highest BCUT2D eigenvalue weighted by Crippen LogP contribution is 2.29. The van der Waals surface area contributed by atoms with Gasteiger partial charge in [-0.3, -0.25) is 4.79 Å². The van der Waals surface area contributed by atoms with Crippen molar-refractivity contribution in [1.29, 1.82) is 0 Å². The number of hydrogen-bond donors (Lipinski definition) is 0. The van der Waals surface area contributed by atoms with E-state index in [2.05, 4.69) is 26.0 Å². The maximum atomic E-state index is 12.9. The van der Waals surface area contributed by atoms with Gasteiger partial charge in [0.25, 0.3) is 5.56 Å². The Kier molecular flexibility index (Phi) is 7.11. The molecular weight excluding hydrogens is 506 g/mol. The van der Waals surface area contributed by atoms with E-state index < -0.39 is 0 Å². The first-order valence-electron chi connectivity index (χ1n) is 10.3. The number of fused-ring (bicyclic) bond motifs is 1. The minimum Gasteiger partial charge on any atom is -0.490 e. The summed E-state index contributed by atoms with van der Waals surface area (Å²) in [5, 5.41) is 5.56. The molecule has 33 heavy (non-hydrogen) atoms. The average molecular weight is 527 g/mol. The Labute approximate surface area is 204 Å². The molecule has 4 aromatic rings. The van der Waals surface area contributed by atoms with Crippen LogP contribution in [0.5, 0.6) is 11.5 Å². The summed E-state index contributed by atoms with van der Waals surface area (Å²) in [6, 6.07) is 18.4. The summed E-state index contributed by atoms with van der Waals surface area (Å²) in [6.45, 7) is 4.53. The highest BCUT2D eigenvalue weighted by atomic mass is 79.9. The fourth-order valence-corrected chi connectivity index (χ4v) is 3.74. The monoisotopic (exact) mass is 525 g/mol. The Morgan fingerprint density at radius 1 is 1.06 bits per heavy atom. The van der Waals surface area contributed by atoms with E-state index in [4.69, 9.17) is 21.1 Å². The summed E-state index contributed by atoms with van der Waals surface area (Å²) in [7, 11) is 0. The summed E-state index contributed by atoms with van der Waals surface area (Å²) in [5.41, 5.74) is 2.16. The molecule has 0 bridgehead atoms. The van der Waals surface area contributed by atoms with Crippen molar-refractivity contribution in [3.8, 4) is 11.5 Å².